The van der Waals surface area contributed by atoms with Crippen LogP contribution in [0.3, 0.4) is 0 Å². The fourth-order valence-corrected chi connectivity index (χ4v) is 2.18. The Morgan fingerprint density at radius 1 is 1.28 bits per heavy atom. The van der Waals surface area contributed by atoms with Crippen molar-refractivity contribution in [2.45, 2.75) is 19.3 Å². The van der Waals surface area contributed by atoms with Crippen LogP contribution in [0.15, 0.2) is 18.2 Å². The quantitative estimate of drug-likeness (QED) is 0.821. The molecule has 3 nitrogen and oxygen atoms in total. The van der Waals surface area contributed by atoms with Crippen LogP contribution >= 0.6 is 0 Å². The number of halogens is 1. The van der Waals surface area contributed by atoms with E-state index in [1.807, 2.05) is 6.07 Å². The first-order chi connectivity index (χ1) is 8.79. The molecule has 1 aromatic rings. The fraction of sp³-hybridized carbons (Fsp3) is 0.500. The number of piperidine rings is 1. The van der Waals surface area contributed by atoms with E-state index in [4.69, 9.17) is 10.00 Å². The highest BCUT2D eigenvalue weighted by Crippen LogP contribution is 2.18. The van der Waals surface area contributed by atoms with Crippen LogP contribution in [0.4, 0.5) is 4.39 Å². The minimum absolute atomic E-state index is 0.258. The van der Waals surface area contributed by atoms with Crippen molar-refractivity contribution in [1.29, 1.82) is 5.26 Å². The third-order valence-electron chi connectivity index (χ3n) is 3.18. The number of hydrogen-bond acceptors (Lipinski definition) is 3. The van der Waals surface area contributed by atoms with E-state index in [1.54, 1.807) is 0 Å². The van der Waals surface area contributed by atoms with Crippen molar-refractivity contribution in [3.05, 3.63) is 29.6 Å². The van der Waals surface area contributed by atoms with Crippen molar-refractivity contribution in [2.75, 3.05) is 26.2 Å². The number of rotatable bonds is 4. The van der Waals surface area contributed by atoms with Gasteiger partial charge in [0.2, 0.25) is 0 Å². The van der Waals surface area contributed by atoms with Crippen LogP contribution in [0.5, 0.6) is 5.75 Å². The summed E-state index contributed by atoms with van der Waals surface area (Å²) < 4.78 is 18.5. The maximum absolute atomic E-state index is 12.9. The zero-order valence-electron chi connectivity index (χ0n) is 10.4. The van der Waals surface area contributed by atoms with E-state index in [9.17, 15) is 4.39 Å². The first-order valence-corrected chi connectivity index (χ1v) is 6.34. The highest BCUT2D eigenvalue weighted by molar-refractivity contribution is 5.42. The van der Waals surface area contributed by atoms with Crippen molar-refractivity contribution in [2.24, 2.45) is 0 Å². The van der Waals surface area contributed by atoms with Crippen LogP contribution in [-0.2, 0) is 0 Å². The van der Waals surface area contributed by atoms with E-state index in [2.05, 4.69) is 4.90 Å². The van der Waals surface area contributed by atoms with Gasteiger partial charge in [0.1, 0.15) is 24.2 Å². The lowest BCUT2D eigenvalue weighted by atomic mass is 10.1. The van der Waals surface area contributed by atoms with Gasteiger partial charge in [-0.2, -0.15) is 5.26 Å². The lowest BCUT2D eigenvalue weighted by Crippen LogP contribution is -2.33. The second-order valence-corrected chi connectivity index (χ2v) is 4.50. The van der Waals surface area contributed by atoms with Gasteiger partial charge in [-0.1, -0.05) is 6.42 Å². The summed E-state index contributed by atoms with van der Waals surface area (Å²) in [6, 6.07) is 5.99. The molecule has 18 heavy (non-hydrogen) atoms. The summed E-state index contributed by atoms with van der Waals surface area (Å²) in [4.78, 5) is 2.36. The predicted molar refractivity (Wildman–Crippen MR) is 66.9 cm³/mol. The molecule has 0 amide bonds. The van der Waals surface area contributed by atoms with E-state index >= 15 is 0 Å². The number of benzene rings is 1. The molecule has 1 aliphatic rings. The number of nitriles is 1. The summed E-state index contributed by atoms with van der Waals surface area (Å²) in [5.74, 6) is 0.0610. The molecule has 0 N–H and O–H groups in total. The molecule has 0 saturated carbocycles. The van der Waals surface area contributed by atoms with Gasteiger partial charge >= 0.3 is 0 Å². The van der Waals surface area contributed by atoms with Crippen molar-refractivity contribution >= 4 is 0 Å². The second kappa shape index (κ2) is 6.36. The number of ether oxygens (including phenoxy) is 1. The van der Waals surface area contributed by atoms with Crippen LogP contribution < -0.4 is 4.74 Å². The molecule has 1 saturated heterocycles. The van der Waals surface area contributed by atoms with Gasteiger partial charge in [-0.3, -0.25) is 4.90 Å². The molecular weight excluding hydrogens is 231 g/mol. The van der Waals surface area contributed by atoms with Crippen LogP contribution in [0.1, 0.15) is 24.8 Å². The Labute approximate surface area is 107 Å². The number of hydrogen-bond donors (Lipinski definition) is 0. The first-order valence-electron chi connectivity index (χ1n) is 6.34. The summed E-state index contributed by atoms with van der Waals surface area (Å²) >= 11 is 0. The zero-order chi connectivity index (χ0) is 12.8. The molecule has 4 heteroatoms. The molecule has 0 aliphatic carbocycles. The molecule has 1 aromatic carbocycles. The molecule has 0 spiro atoms. The predicted octanol–water partition coefficient (Wildman–Crippen LogP) is 2.56. The van der Waals surface area contributed by atoms with Gasteiger partial charge in [-0.05, 0) is 44.1 Å². The lowest BCUT2D eigenvalue weighted by Gasteiger charge is -2.26. The largest absolute Gasteiger partial charge is 0.491 e. The second-order valence-electron chi connectivity index (χ2n) is 4.50. The van der Waals surface area contributed by atoms with Gasteiger partial charge in [-0.25, -0.2) is 4.39 Å². The Hall–Kier alpha value is -1.60. The number of nitrogens with zero attached hydrogens (tertiary/aromatic N) is 2. The fourth-order valence-electron chi connectivity index (χ4n) is 2.18. The molecule has 0 radical (unpaired) electrons. The van der Waals surface area contributed by atoms with Crippen molar-refractivity contribution in [3.63, 3.8) is 0 Å². The standard InChI is InChI=1S/C14H17FN2O/c15-13-4-5-14(12(10-13)11-16)18-9-8-17-6-2-1-3-7-17/h4-5,10H,1-3,6-9H2. The molecule has 0 atom stereocenters. The monoisotopic (exact) mass is 248 g/mol. The van der Waals surface area contributed by atoms with Gasteiger partial charge in [-0.15, -0.1) is 0 Å². The minimum atomic E-state index is -0.407. The number of likely N-dealkylation sites (tertiary alicyclic amines) is 1. The molecule has 2 rings (SSSR count). The Balaban J connectivity index is 1.84. The van der Waals surface area contributed by atoms with E-state index in [-0.39, 0.29) is 5.56 Å². The third-order valence-corrected chi connectivity index (χ3v) is 3.18. The Kier molecular flexibility index (Phi) is 4.54. The van der Waals surface area contributed by atoms with E-state index < -0.39 is 5.82 Å². The average molecular weight is 248 g/mol. The highest BCUT2D eigenvalue weighted by atomic mass is 19.1. The molecule has 1 fully saturated rings. The highest BCUT2D eigenvalue weighted by Gasteiger charge is 2.10. The third kappa shape index (κ3) is 3.44. The van der Waals surface area contributed by atoms with E-state index in [0.29, 0.717) is 12.4 Å². The Morgan fingerprint density at radius 3 is 2.78 bits per heavy atom. The van der Waals surface area contributed by atoms with Crippen LogP contribution in [0.25, 0.3) is 0 Å². The van der Waals surface area contributed by atoms with Crippen LogP contribution in [0, 0.1) is 17.1 Å². The van der Waals surface area contributed by atoms with Gasteiger partial charge in [0.05, 0.1) is 5.56 Å². The Morgan fingerprint density at radius 2 is 2.06 bits per heavy atom. The van der Waals surface area contributed by atoms with Gasteiger partial charge in [0.25, 0.3) is 0 Å². The molecule has 1 heterocycles. The van der Waals surface area contributed by atoms with E-state index in [0.717, 1.165) is 19.6 Å². The molecule has 0 bridgehead atoms. The maximum Gasteiger partial charge on any atom is 0.137 e. The van der Waals surface area contributed by atoms with Crippen LogP contribution in [-0.4, -0.2) is 31.1 Å². The van der Waals surface area contributed by atoms with E-state index in [1.165, 1.54) is 37.5 Å². The minimum Gasteiger partial charge on any atom is -0.491 e. The smallest absolute Gasteiger partial charge is 0.137 e. The summed E-state index contributed by atoms with van der Waals surface area (Å²) in [6.07, 6.45) is 3.81. The summed E-state index contributed by atoms with van der Waals surface area (Å²) in [5.41, 5.74) is 0.258. The maximum atomic E-state index is 12.9. The van der Waals surface area contributed by atoms with Crippen molar-refractivity contribution in [3.8, 4) is 11.8 Å². The van der Waals surface area contributed by atoms with Gasteiger partial charge < -0.3 is 4.74 Å². The topological polar surface area (TPSA) is 36.3 Å². The van der Waals surface area contributed by atoms with Gasteiger partial charge in [0.15, 0.2) is 0 Å². The molecule has 96 valence electrons. The molecule has 1 aliphatic heterocycles. The zero-order valence-corrected chi connectivity index (χ0v) is 10.4. The first kappa shape index (κ1) is 12.8. The van der Waals surface area contributed by atoms with Crippen LogP contribution in [0.2, 0.25) is 0 Å². The van der Waals surface area contributed by atoms with Crippen molar-refractivity contribution < 1.29 is 9.13 Å². The van der Waals surface area contributed by atoms with Crippen molar-refractivity contribution in [1.82, 2.24) is 4.90 Å². The average Bonchev–Trinajstić information content (AvgIpc) is 2.41. The lowest BCUT2D eigenvalue weighted by molar-refractivity contribution is 0.183. The molecular formula is C14H17FN2O. The SMILES string of the molecule is N#Cc1cc(F)ccc1OCCN1CCCCC1. The summed E-state index contributed by atoms with van der Waals surface area (Å²) in [5, 5.41) is 8.88. The van der Waals surface area contributed by atoms with Gasteiger partial charge in [0, 0.05) is 6.54 Å². The molecule has 0 aromatic heterocycles. The normalized spacial score (nSPS) is 16.2. The molecule has 0 unspecified atom stereocenters. The summed E-state index contributed by atoms with van der Waals surface area (Å²) in [6.45, 7) is 3.65. The summed E-state index contributed by atoms with van der Waals surface area (Å²) in [7, 11) is 0. The Bertz CT molecular complexity index is 436.